The van der Waals surface area contributed by atoms with E-state index in [0.29, 0.717) is 12.1 Å². The molecule has 134 valence electrons. The van der Waals surface area contributed by atoms with Gasteiger partial charge in [0.25, 0.3) is 0 Å². The van der Waals surface area contributed by atoms with Gasteiger partial charge in [0.2, 0.25) is 4.80 Å². The Bertz CT molecular complexity index is 1180. The Hall–Kier alpha value is -2.96. The van der Waals surface area contributed by atoms with E-state index in [2.05, 4.69) is 22.7 Å². The number of fused-ring (bicyclic) bond motifs is 1. The fraction of sp³-hybridized carbons (Fsp3) is 0.0476. The summed E-state index contributed by atoms with van der Waals surface area (Å²) < 4.78 is 1.82. The third kappa shape index (κ3) is 3.49. The smallest absolute Gasteiger partial charge is 0.206 e. The zero-order valence-electron chi connectivity index (χ0n) is 14.4. The summed E-state index contributed by atoms with van der Waals surface area (Å²) in [6, 6.07) is 15.6. The van der Waals surface area contributed by atoms with Crippen LogP contribution in [0.15, 0.2) is 82.0 Å². The Labute approximate surface area is 164 Å². The first-order chi connectivity index (χ1) is 13.3. The summed E-state index contributed by atoms with van der Waals surface area (Å²) in [5.41, 5.74) is 1.67. The summed E-state index contributed by atoms with van der Waals surface area (Å²) in [4.78, 5) is 6.45. The number of thiazole rings is 1. The van der Waals surface area contributed by atoms with Crippen LogP contribution in [0.5, 0.6) is 5.75 Å². The van der Waals surface area contributed by atoms with Crippen LogP contribution in [0.2, 0.25) is 0 Å². The van der Waals surface area contributed by atoms with E-state index in [-0.39, 0.29) is 5.75 Å². The lowest BCUT2D eigenvalue weighted by atomic mass is 10.0. The van der Waals surface area contributed by atoms with E-state index in [1.54, 1.807) is 29.7 Å². The van der Waals surface area contributed by atoms with Crippen LogP contribution < -0.4 is 4.80 Å². The topological polar surface area (TPSA) is 49.9 Å². The maximum Gasteiger partial charge on any atom is 0.206 e. The number of benzene rings is 2. The Morgan fingerprint density at radius 2 is 1.96 bits per heavy atom. The zero-order chi connectivity index (χ0) is 18.6. The van der Waals surface area contributed by atoms with Gasteiger partial charge >= 0.3 is 0 Å². The largest absolute Gasteiger partial charge is 0.507 e. The van der Waals surface area contributed by atoms with Crippen LogP contribution in [-0.2, 0) is 0 Å². The molecule has 27 heavy (non-hydrogen) atoms. The summed E-state index contributed by atoms with van der Waals surface area (Å²) in [5, 5.41) is 21.2. The van der Waals surface area contributed by atoms with Gasteiger partial charge in [-0.15, -0.1) is 29.3 Å². The predicted molar refractivity (Wildman–Crippen MR) is 115 cm³/mol. The molecule has 0 fully saturated rings. The van der Waals surface area contributed by atoms with E-state index in [0.717, 1.165) is 26.1 Å². The fourth-order valence-corrected chi connectivity index (χ4v) is 4.43. The molecule has 0 aliphatic carbocycles. The Morgan fingerprint density at radius 1 is 1.07 bits per heavy atom. The van der Waals surface area contributed by atoms with E-state index < -0.39 is 0 Å². The minimum atomic E-state index is 0.204. The normalized spacial score (nSPS) is 12.2. The van der Waals surface area contributed by atoms with Gasteiger partial charge in [-0.2, -0.15) is 5.10 Å². The molecule has 4 aromatic rings. The zero-order valence-corrected chi connectivity index (χ0v) is 16.1. The van der Waals surface area contributed by atoms with Gasteiger partial charge in [-0.1, -0.05) is 42.5 Å². The van der Waals surface area contributed by atoms with E-state index in [9.17, 15) is 5.11 Å². The third-order valence-corrected chi connectivity index (χ3v) is 5.81. The van der Waals surface area contributed by atoms with E-state index in [1.165, 1.54) is 11.3 Å². The first-order valence-corrected chi connectivity index (χ1v) is 10.1. The summed E-state index contributed by atoms with van der Waals surface area (Å²) in [6.45, 7) is 4.26. The van der Waals surface area contributed by atoms with E-state index in [1.807, 2.05) is 51.8 Å². The van der Waals surface area contributed by atoms with Crippen LogP contribution in [0.4, 0.5) is 0 Å². The van der Waals surface area contributed by atoms with Crippen molar-refractivity contribution in [3.8, 4) is 16.3 Å². The number of phenols is 1. The van der Waals surface area contributed by atoms with Crippen LogP contribution >= 0.6 is 22.7 Å². The SMILES string of the molecule is C=CCN=c1scc(-c2cccs2)n1N=Cc1c(O)ccc2ccccc12. The summed E-state index contributed by atoms with van der Waals surface area (Å²) in [7, 11) is 0. The number of rotatable bonds is 5. The minimum Gasteiger partial charge on any atom is -0.507 e. The molecule has 2 heterocycles. The number of hydrogen-bond acceptors (Lipinski definition) is 5. The quantitative estimate of drug-likeness (QED) is 0.373. The maximum absolute atomic E-state index is 10.4. The Morgan fingerprint density at radius 3 is 2.78 bits per heavy atom. The second-order valence-corrected chi connectivity index (χ2v) is 7.57. The van der Waals surface area contributed by atoms with Gasteiger partial charge in [-0.05, 0) is 28.3 Å². The molecule has 0 aliphatic heterocycles. The van der Waals surface area contributed by atoms with Gasteiger partial charge in [0.1, 0.15) is 5.75 Å². The van der Waals surface area contributed by atoms with Crippen molar-refractivity contribution in [1.29, 1.82) is 0 Å². The molecule has 0 spiro atoms. The Kier molecular flexibility index (Phi) is 5.00. The highest BCUT2D eigenvalue weighted by Crippen LogP contribution is 2.27. The molecule has 0 aliphatic rings. The minimum absolute atomic E-state index is 0.204. The van der Waals surface area contributed by atoms with E-state index >= 15 is 0 Å². The fourth-order valence-electron chi connectivity index (χ4n) is 2.79. The lowest BCUT2D eigenvalue weighted by molar-refractivity contribution is 0.475. The van der Waals surface area contributed by atoms with Crippen LogP contribution in [0.3, 0.4) is 0 Å². The van der Waals surface area contributed by atoms with Crippen LogP contribution in [0.25, 0.3) is 21.3 Å². The van der Waals surface area contributed by atoms with Crippen LogP contribution in [0, 0.1) is 0 Å². The van der Waals surface area contributed by atoms with Crippen LogP contribution in [-0.4, -0.2) is 22.5 Å². The molecule has 1 N–H and O–H groups in total. The third-order valence-electron chi connectivity index (χ3n) is 4.06. The lowest BCUT2D eigenvalue weighted by Crippen LogP contribution is -2.12. The Balaban J connectivity index is 1.86. The molecular weight excluding hydrogens is 374 g/mol. The molecule has 2 aromatic heterocycles. The van der Waals surface area contributed by atoms with Crippen molar-refractivity contribution in [2.75, 3.05) is 6.54 Å². The average molecular weight is 392 g/mol. The van der Waals surface area contributed by atoms with Gasteiger partial charge in [0.15, 0.2) is 0 Å². The van der Waals surface area contributed by atoms with Gasteiger partial charge in [-0.3, -0.25) is 4.99 Å². The molecule has 6 heteroatoms. The first kappa shape index (κ1) is 17.5. The second kappa shape index (κ2) is 7.73. The lowest BCUT2D eigenvalue weighted by Gasteiger charge is -2.05. The molecule has 0 saturated carbocycles. The molecule has 0 atom stereocenters. The van der Waals surface area contributed by atoms with Gasteiger partial charge in [-0.25, -0.2) is 4.68 Å². The summed E-state index contributed by atoms with van der Waals surface area (Å²) >= 11 is 3.19. The molecule has 2 aromatic carbocycles. The van der Waals surface area contributed by atoms with Crippen molar-refractivity contribution < 1.29 is 5.11 Å². The number of thiophene rings is 1. The van der Waals surface area contributed by atoms with Crippen molar-refractivity contribution in [1.82, 2.24) is 4.68 Å². The highest BCUT2D eigenvalue weighted by atomic mass is 32.1. The average Bonchev–Trinajstić information content (AvgIpc) is 3.35. The maximum atomic E-state index is 10.4. The number of nitrogens with zero attached hydrogens (tertiary/aromatic N) is 3. The highest BCUT2D eigenvalue weighted by Gasteiger charge is 2.09. The van der Waals surface area contributed by atoms with E-state index in [4.69, 9.17) is 0 Å². The monoisotopic (exact) mass is 391 g/mol. The van der Waals surface area contributed by atoms with Gasteiger partial charge < -0.3 is 5.11 Å². The van der Waals surface area contributed by atoms with Crippen molar-refractivity contribution in [2.24, 2.45) is 10.1 Å². The molecule has 0 bridgehead atoms. The number of aromatic hydroxyl groups is 1. The standard InChI is InChI=1S/C21H17N3OS2/c1-2-11-22-21-24(18(14-27-21)20-8-5-12-26-20)23-13-17-16-7-4-3-6-15(16)9-10-19(17)25/h2-10,12-14,25H,1,11H2. The highest BCUT2D eigenvalue weighted by molar-refractivity contribution is 7.14. The predicted octanol–water partition coefficient (Wildman–Crippen LogP) is 5.11. The number of phenolic OH excluding ortho intramolecular Hbond substituents is 1. The number of aromatic nitrogens is 1. The second-order valence-electron chi connectivity index (χ2n) is 5.79. The molecule has 4 nitrogen and oxygen atoms in total. The molecule has 4 rings (SSSR count). The van der Waals surface area contributed by atoms with Crippen molar-refractivity contribution in [3.63, 3.8) is 0 Å². The molecule has 0 unspecified atom stereocenters. The summed E-state index contributed by atoms with van der Waals surface area (Å²) in [6.07, 6.45) is 3.46. The van der Waals surface area contributed by atoms with Crippen molar-refractivity contribution in [3.05, 3.63) is 82.3 Å². The van der Waals surface area contributed by atoms with Gasteiger partial charge in [0, 0.05) is 10.9 Å². The molecule has 0 radical (unpaired) electrons. The number of hydrogen-bond donors (Lipinski definition) is 1. The van der Waals surface area contributed by atoms with Crippen molar-refractivity contribution >= 4 is 39.7 Å². The molecule has 0 saturated heterocycles. The molecule has 0 amide bonds. The van der Waals surface area contributed by atoms with Crippen LogP contribution in [0.1, 0.15) is 5.56 Å². The first-order valence-electron chi connectivity index (χ1n) is 8.39. The summed E-state index contributed by atoms with van der Waals surface area (Å²) in [5.74, 6) is 0.204. The van der Waals surface area contributed by atoms with Gasteiger partial charge in [0.05, 0.1) is 23.3 Å². The van der Waals surface area contributed by atoms with Crippen molar-refractivity contribution in [2.45, 2.75) is 0 Å². The molecular formula is C21H17N3OS2.